The van der Waals surface area contributed by atoms with Crippen LogP contribution in [0.5, 0.6) is 5.75 Å². The predicted molar refractivity (Wildman–Crippen MR) is 80.2 cm³/mol. The molecule has 0 spiro atoms. The van der Waals surface area contributed by atoms with Gasteiger partial charge in [-0.3, -0.25) is 0 Å². The lowest BCUT2D eigenvalue weighted by molar-refractivity contribution is 0.324. The van der Waals surface area contributed by atoms with Crippen LogP contribution < -0.4 is 10.1 Å². The van der Waals surface area contributed by atoms with Crippen LogP contribution in [0.3, 0.4) is 0 Å². The van der Waals surface area contributed by atoms with Crippen molar-refractivity contribution in [2.45, 2.75) is 25.7 Å². The number of nitrogens with zero attached hydrogens (tertiary/aromatic N) is 2. The van der Waals surface area contributed by atoms with E-state index in [1.54, 1.807) is 7.11 Å². The number of nitrogens with one attached hydrogen (secondary N) is 1. The van der Waals surface area contributed by atoms with Crippen molar-refractivity contribution in [2.24, 2.45) is 5.92 Å². The third-order valence-electron chi connectivity index (χ3n) is 4.02. The second-order valence-electron chi connectivity index (χ2n) is 5.48. The summed E-state index contributed by atoms with van der Waals surface area (Å²) < 4.78 is 10.6. The highest BCUT2D eigenvalue weighted by atomic mass is 16.5. The molecule has 0 unspecified atom stereocenters. The quantitative estimate of drug-likeness (QED) is 0.916. The first kappa shape index (κ1) is 14.1. The molecule has 1 aromatic carbocycles. The fraction of sp³-hybridized carbons (Fsp3) is 0.500. The SMILES string of the molecule is COc1cccc(-c2noc(CCC3CCNCC3)n2)c1. The summed E-state index contributed by atoms with van der Waals surface area (Å²) in [6, 6.07) is 7.71. The van der Waals surface area contributed by atoms with Crippen LogP contribution in [0.2, 0.25) is 0 Å². The Morgan fingerprint density at radius 1 is 1.33 bits per heavy atom. The first-order chi connectivity index (χ1) is 10.3. The molecule has 1 fully saturated rings. The molecule has 1 aromatic heterocycles. The maximum absolute atomic E-state index is 5.37. The van der Waals surface area contributed by atoms with Gasteiger partial charge in [-0.2, -0.15) is 4.98 Å². The first-order valence-electron chi connectivity index (χ1n) is 7.53. The van der Waals surface area contributed by atoms with Gasteiger partial charge in [0.2, 0.25) is 11.7 Å². The average molecular weight is 287 g/mol. The van der Waals surface area contributed by atoms with Crippen molar-refractivity contribution in [2.75, 3.05) is 20.2 Å². The number of hydrogen-bond acceptors (Lipinski definition) is 5. The van der Waals surface area contributed by atoms with Gasteiger partial charge in [0.25, 0.3) is 0 Å². The van der Waals surface area contributed by atoms with Gasteiger partial charge in [-0.1, -0.05) is 17.3 Å². The zero-order chi connectivity index (χ0) is 14.5. The van der Waals surface area contributed by atoms with Crippen molar-refractivity contribution in [1.82, 2.24) is 15.5 Å². The second-order valence-corrected chi connectivity index (χ2v) is 5.48. The zero-order valence-electron chi connectivity index (χ0n) is 12.3. The van der Waals surface area contributed by atoms with Crippen molar-refractivity contribution >= 4 is 0 Å². The number of aryl methyl sites for hydroxylation is 1. The maximum Gasteiger partial charge on any atom is 0.226 e. The van der Waals surface area contributed by atoms with Crippen LogP contribution in [0, 0.1) is 5.92 Å². The summed E-state index contributed by atoms with van der Waals surface area (Å²) in [7, 11) is 1.65. The number of piperidine rings is 1. The lowest BCUT2D eigenvalue weighted by Gasteiger charge is -2.21. The Bertz CT molecular complexity index is 576. The second kappa shape index (κ2) is 6.72. The molecule has 2 aromatic rings. The van der Waals surface area contributed by atoms with Crippen molar-refractivity contribution in [1.29, 1.82) is 0 Å². The number of aromatic nitrogens is 2. The molecule has 1 aliphatic rings. The Hall–Kier alpha value is -1.88. The van der Waals surface area contributed by atoms with Crippen LogP contribution in [-0.2, 0) is 6.42 Å². The van der Waals surface area contributed by atoms with E-state index in [9.17, 15) is 0 Å². The topological polar surface area (TPSA) is 60.2 Å². The van der Waals surface area contributed by atoms with Gasteiger partial charge >= 0.3 is 0 Å². The summed E-state index contributed by atoms with van der Waals surface area (Å²) in [4.78, 5) is 4.49. The third-order valence-corrected chi connectivity index (χ3v) is 4.02. The van der Waals surface area contributed by atoms with Gasteiger partial charge < -0.3 is 14.6 Å². The van der Waals surface area contributed by atoms with Gasteiger partial charge in [0.1, 0.15) is 5.75 Å². The van der Waals surface area contributed by atoms with Crippen LogP contribution in [0.4, 0.5) is 0 Å². The van der Waals surface area contributed by atoms with Crippen molar-refractivity contribution in [3.05, 3.63) is 30.2 Å². The van der Waals surface area contributed by atoms with Crippen LogP contribution in [0.15, 0.2) is 28.8 Å². The monoisotopic (exact) mass is 287 g/mol. The highest BCUT2D eigenvalue weighted by Crippen LogP contribution is 2.23. The van der Waals surface area contributed by atoms with Gasteiger partial charge in [-0.25, -0.2) is 0 Å². The van der Waals surface area contributed by atoms with Gasteiger partial charge in [-0.05, 0) is 50.4 Å². The predicted octanol–water partition coefficient (Wildman–Crippen LogP) is 2.68. The molecule has 5 heteroatoms. The summed E-state index contributed by atoms with van der Waals surface area (Å²) in [5.74, 6) is 2.94. The third kappa shape index (κ3) is 3.61. The molecule has 3 rings (SSSR count). The minimum absolute atomic E-state index is 0.634. The summed E-state index contributed by atoms with van der Waals surface area (Å²) >= 11 is 0. The summed E-state index contributed by atoms with van der Waals surface area (Å²) in [6.07, 6.45) is 4.48. The summed E-state index contributed by atoms with van der Waals surface area (Å²) in [5, 5.41) is 7.46. The fourth-order valence-corrected chi connectivity index (χ4v) is 2.73. The molecular weight excluding hydrogens is 266 g/mol. The van der Waals surface area contributed by atoms with E-state index >= 15 is 0 Å². The Kier molecular flexibility index (Phi) is 4.50. The van der Waals surface area contributed by atoms with Crippen molar-refractivity contribution in [3.63, 3.8) is 0 Å². The highest BCUT2D eigenvalue weighted by Gasteiger charge is 2.15. The molecule has 1 saturated heterocycles. The molecule has 0 radical (unpaired) electrons. The van der Waals surface area contributed by atoms with E-state index < -0.39 is 0 Å². The Morgan fingerprint density at radius 3 is 3.00 bits per heavy atom. The standard InChI is InChI=1S/C16H21N3O2/c1-20-14-4-2-3-13(11-14)16-18-15(21-19-16)6-5-12-7-9-17-10-8-12/h2-4,11-12,17H,5-10H2,1H3. The lowest BCUT2D eigenvalue weighted by Crippen LogP contribution is -2.27. The smallest absolute Gasteiger partial charge is 0.226 e. The van der Waals surface area contributed by atoms with Crippen LogP contribution in [0.25, 0.3) is 11.4 Å². The number of rotatable bonds is 5. The van der Waals surface area contributed by atoms with Crippen molar-refractivity contribution < 1.29 is 9.26 Å². The minimum atomic E-state index is 0.634. The van der Waals surface area contributed by atoms with E-state index in [1.807, 2.05) is 24.3 Å². The maximum atomic E-state index is 5.37. The molecule has 0 amide bonds. The average Bonchev–Trinajstić information content (AvgIpc) is 3.03. The fourth-order valence-electron chi connectivity index (χ4n) is 2.73. The highest BCUT2D eigenvalue weighted by molar-refractivity contribution is 5.56. The van der Waals surface area contributed by atoms with Gasteiger partial charge in [0.15, 0.2) is 0 Å². The van der Waals surface area contributed by atoms with Gasteiger partial charge in [-0.15, -0.1) is 0 Å². The van der Waals surface area contributed by atoms with Crippen LogP contribution in [-0.4, -0.2) is 30.3 Å². The van der Waals surface area contributed by atoms with E-state index in [0.717, 1.165) is 49.1 Å². The van der Waals surface area contributed by atoms with Gasteiger partial charge in [0.05, 0.1) is 7.11 Å². The summed E-state index contributed by atoms with van der Waals surface area (Å²) in [5.41, 5.74) is 0.922. The molecule has 0 atom stereocenters. The minimum Gasteiger partial charge on any atom is -0.497 e. The number of ether oxygens (including phenoxy) is 1. The van der Waals surface area contributed by atoms with E-state index in [4.69, 9.17) is 9.26 Å². The molecule has 2 heterocycles. The number of benzene rings is 1. The Morgan fingerprint density at radius 2 is 2.19 bits per heavy atom. The van der Waals surface area contributed by atoms with E-state index in [2.05, 4.69) is 15.5 Å². The largest absolute Gasteiger partial charge is 0.497 e. The van der Waals surface area contributed by atoms with Crippen molar-refractivity contribution in [3.8, 4) is 17.1 Å². The Labute approximate surface area is 124 Å². The number of hydrogen-bond donors (Lipinski definition) is 1. The lowest BCUT2D eigenvalue weighted by atomic mass is 9.93. The van der Waals surface area contributed by atoms with E-state index in [0.29, 0.717) is 5.82 Å². The zero-order valence-corrected chi connectivity index (χ0v) is 12.3. The molecule has 0 bridgehead atoms. The van der Waals surface area contributed by atoms with Crippen LogP contribution in [0.1, 0.15) is 25.2 Å². The molecule has 0 aliphatic carbocycles. The van der Waals surface area contributed by atoms with Crippen LogP contribution >= 0.6 is 0 Å². The first-order valence-corrected chi connectivity index (χ1v) is 7.53. The molecule has 1 aliphatic heterocycles. The van der Waals surface area contributed by atoms with Gasteiger partial charge in [0, 0.05) is 12.0 Å². The molecule has 112 valence electrons. The number of methoxy groups -OCH3 is 1. The Balaban J connectivity index is 1.62. The van der Waals surface area contributed by atoms with E-state index in [1.165, 1.54) is 12.8 Å². The summed E-state index contributed by atoms with van der Waals surface area (Å²) in [6.45, 7) is 2.26. The molecule has 1 N–H and O–H groups in total. The molecule has 21 heavy (non-hydrogen) atoms. The normalized spacial score (nSPS) is 16.0. The van der Waals surface area contributed by atoms with E-state index in [-0.39, 0.29) is 0 Å². The molecular formula is C16H21N3O2. The molecule has 0 saturated carbocycles. The molecule has 5 nitrogen and oxygen atoms in total.